The Bertz CT molecular complexity index is 910. The molecule has 2 aromatic carbocycles. The van der Waals surface area contributed by atoms with Gasteiger partial charge in [-0.05, 0) is 36.4 Å². The molecule has 23 heavy (non-hydrogen) atoms. The number of rotatable bonds is 2. The van der Waals surface area contributed by atoms with E-state index in [1.807, 2.05) is 24.3 Å². The van der Waals surface area contributed by atoms with Crippen molar-refractivity contribution in [3.8, 4) is 0 Å². The summed E-state index contributed by atoms with van der Waals surface area (Å²) in [5, 5.41) is 18.6. The van der Waals surface area contributed by atoms with Crippen LogP contribution < -0.4 is 4.90 Å². The molecule has 1 aromatic heterocycles. The second-order valence-corrected chi connectivity index (χ2v) is 5.34. The molecule has 0 radical (unpaired) electrons. The van der Waals surface area contributed by atoms with Gasteiger partial charge in [0.2, 0.25) is 0 Å². The van der Waals surface area contributed by atoms with Gasteiger partial charge in [0, 0.05) is 5.69 Å². The zero-order chi connectivity index (χ0) is 16.0. The molecule has 0 atom stereocenters. The zero-order valence-electron chi connectivity index (χ0n) is 12.0. The van der Waals surface area contributed by atoms with Crippen LogP contribution >= 0.6 is 0 Å². The predicted octanol–water partition coefficient (Wildman–Crippen LogP) is 3.47. The van der Waals surface area contributed by atoms with E-state index in [4.69, 9.17) is 5.41 Å². The van der Waals surface area contributed by atoms with E-state index in [-0.39, 0.29) is 24.0 Å². The number of aromatic nitrogens is 2. The van der Waals surface area contributed by atoms with E-state index in [1.54, 1.807) is 17.0 Å². The summed E-state index contributed by atoms with van der Waals surface area (Å²) in [4.78, 5) is 9.17. The second kappa shape index (κ2) is 4.95. The van der Waals surface area contributed by atoms with E-state index >= 15 is 0 Å². The summed E-state index contributed by atoms with van der Waals surface area (Å²) in [5.41, 5.74) is 2.63. The van der Waals surface area contributed by atoms with Gasteiger partial charge >= 0.3 is 0 Å². The van der Waals surface area contributed by atoms with Crippen LogP contribution in [0.1, 0.15) is 5.82 Å². The number of aliphatic hydroxyl groups is 1. The molecule has 3 N–H and O–H groups in total. The summed E-state index contributed by atoms with van der Waals surface area (Å²) < 4.78 is 13.1. The number of H-pyrrole nitrogens is 1. The Kier molecular flexibility index (Phi) is 2.90. The van der Waals surface area contributed by atoms with Crippen molar-refractivity contribution in [2.24, 2.45) is 0 Å². The molecule has 1 aliphatic rings. The van der Waals surface area contributed by atoms with Crippen LogP contribution in [0.5, 0.6) is 0 Å². The van der Waals surface area contributed by atoms with Gasteiger partial charge in [0.05, 0.1) is 23.2 Å². The molecule has 0 spiro atoms. The second-order valence-electron chi connectivity index (χ2n) is 5.34. The maximum Gasteiger partial charge on any atom is 0.145 e. The minimum atomic E-state index is -0.339. The number of hydrogen-bond acceptors (Lipinski definition) is 3. The number of fused-ring (bicyclic) bond motifs is 1. The number of benzene rings is 2. The summed E-state index contributed by atoms with van der Waals surface area (Å²) in [7, 11) is 0. The van der Waals surface area contributed by atoms with E-state index in [0.717, 1.165) is 11.0 Å². The third-order valence-corrected chi connectivity index (χ3v) is 3.87. The van der Waals surface area contributed by atoms with Crippen LogP contribution in [0.4, 0.5) is 10.1 Å². The molecule has 4 rings (SSSR count). The first kappa shape index (κ1) is 13.5. The van der Waals surface area contributed by atoms with E-state index in [0.29, 0.717) is 17.1 Å². The number of nitrogens with zero attached hydrogens (tertiary/aromatic N) is 2. The smallest absolute Gasteiger partial charge is 0.145 e. The Labute approximate surface area is 131 Å². The number of hydrogen-bond donors (Lipinski definition) is 3. The van der Waals surface area contributed by atoms with Crippen molar-refractivity contribution < 1.29 is 9.50 Å². The third kappa shape index (κ3) is 2.15. The molecule has 0 saturated carbocycles. The highest BCUT2D eigenvalue weighted by Crippen LogP contribution is 2.30. The molecule has 0 aliphatic carbocycles. The van der Waals surface area contributed by atoms with Crippen LogP contribution in [0, 0.1) is 11.2 Å². The first-order chi connectivity index (χ1) is 11.1. The number of imidazole rings is 1. The molecule has 0 saturated heterocycles. The van der Waals surface area contributed by atoms with Gasteiger partial charge in [-0.15, -0.1) is 0 Å². The number of anilines is 1. The van der Waals surface area contributed by atoms with Gasteiger partial charge in [-0.3, -0.25) is 5.41 Å². The SMILES string of the molecule is N=C1C(c2nc3ccccc3[nH]2)=C(O)CN1c1ccc(F)cc1. The first-order valence-electron chi connectivity index (χ1n) is 7.13. The summed E-state index contributed by atoms with van der Waals surface area (Å²) >= 11 is 0. The van der Waals surface area contributed by atoms with Crippen molar-refractivity contribution in [3.05, 3.63) is 65.9 Å². The largest absolute Gasteiger partial charge is 0.509 e. The molecular weight excluding hydrogens is 295 g/mol. The van der Waals surface area contributed by atoms with Crippen molar-refractivity contribution in [2.45, 2.75) is 0 Å². The third-order valence-electron chi connectivity index (χ3n) is 3.87. The van der Waals surface area contributed by atoms with Crippen molar-refractivity contribution in [1.29, 1.82) is 5.41 Å². The molecular formula is C17H13FN4O. The summed E-state index contributed by atoms with van der Waals surface area (Å²) in [5.74, 6) is 0.319. The minimum Gasteiger partial charge on any atom is -0.509 e. The lowest BCUT2D eigenvalue weighted by Gasteiger charge is -2.18. The molecule has 0 unspecified atom stereocenters. The van der Waals surface area contributed by atoms with Crippen LogP contribution in [0.25, 0.3) is 16.6 Å². The van der Waals surface area contributed by atoms with Crippen molar-refractivity contribution in [2.75, 3.05) is 11.4 Å². The summed E-state index contributed by atoms with van der Waals surface area (Å²) in [6.45, 7) is 0.164. The molecule has 1 aliphatic heterocycles. The maximum absolute atomic E-state index is 13.1. The molecule has 3 aromatic rings. The zero-order valence-corrected chi connectivity index (χ0v) is 12.0. The minimum absolute atomic E-state index is 0.0679. The Balaban J connectivity index is 1.73. The summed E-state index contributed by atoms with van der Waals surface area (Å²) in [6, 6.07) is 13.4. The van der Waals surface area contributed by atoms with Gasteiger partial charge in [0.1, 0.15) is 23.2 Å². The molecule has 2 heterocycles. The van der Waals surface area contributed by atoms with Crippen LogP contribution in [0.3, 0.4) is 0 Å². The monoisotopic (exact) mass is 308 g/mol. The maximum atomic E-state index is 13.1. The summed E-state index contributed by atoms with van der Waals surface area (Å²) in [6.07, 6.45) is 0. The first-order valence-corrected chi connectivity index (χ1v) is 7.13. The lowest BCUT2D eigenvalue weighted by Crippen LogP contribution is -2.26. The highest BCUT2D eigenvalue weighted by atomic mass is 19.1. The number of halogens is 1. The number of aromatic amines is 1. The number of aliphatic hydroxyl groups excluding tert-OH is 1. The molecule has 0 bridgehead atoms. The Morgan fingerprint density at radius 2 is 1.87 bits per heavy atom. The van der Waals surface area contributed by atoms with Gasteiger partial charge in [-0.25, -0.2) is 9.37 Å². The van der Waals surface area contributed by atoms with Crippen LogP contribution in [-0.2, 0) is 0 Å². The highest BCUT2D eigenvalue weighted by Gasteiger charge is 2.31. The molecule has 5 nitrogen and oxygen atoms in total. The average Bonchev–Trinajstić information content (AvgIpc) is 3.08. The Morgan fingerprint density at radius 3 is 2.61 bits per heavy atom. The van der Waals surface area contributed by atoms with Crippen LogP contribution in [0.2, 0.25) is 0 Å². The highest BCUT2D eigenvalue weighted by molar-refractivity contribution is 6.30. The van der Waals surface area contributed by atoms with Gasteiger partial charge in [-0.1, -0.05) is 12.1 Å². The van der Waals surface area contributed by atoms with Crippen molar-refractivity contribution in [1.82, 2.24) is 9.97 Å². The molecule has 0 amide bonds. The standard InChI is InChI=1S/C17H13FN4O/c18-10-5-7-11(8-6-10)22-9-14(23)15(16(22)19)17-20-12-3-1-2-4-13(12)21-17/h1-8,19,23H,9H2,(H,20,21). The normalized spacial score (nSPS) is 15.0. The Morgan fingerprint density at radius 1 is 1.13 bits per heavy atom. The van der Waals surface area contributed by atoms with Gasteiger partial charge in [0.25, 0.3) is 0 Å². The fourth-order valence-electron chi connectivity index (χ4n) is 2.74. The van der Waals surface area contributed by atoms with Gasteiger partial charge < -0.3 is 15.0 Å². The van der Waals surface area contributed by atoms with E-state index in [9.17, 15) is 9.50 Å². The quantitative estimate of drug-likeness (QED) is 0.678. The lowest BCUT2D eigenvalue weighted by atomic mass is 10.2. The molecule has 6 heteroatoms. The average molecular weight is 308 g/mol. The van der Waals surface area contributed by atoms with Gasteiger partial charge in [0.15, 0.2) is 0 Å². The lowest BCUT2D eigenvalue weighted by molar-refractivity contribution is 0.411. The molecule has 0 fully saturated rings. The number of para-hydroxylation sites is 2. The number of nitrogens with one attached hydrogen (secondary N) is 2. The fraction of sp³-hybridized carbons (Fsp3) is 0.0588. The van der Waals surface area contributed by atoms with Crippen LogP contribution in [-0.4, -0.2) is 27.5 Å². The van der Waals surface area contributed by atoms with E-state index < -0.39 is 0 Å². The molecule has 114 valence electrons. The van der Waals surface area contributed by atoms with Gasteiger partial charge in [-0.2, -0.15) is 0 Å². The fourth-order valence-corrected chi connectivity index (χ4v) is 2.74. The predicted molar refractivity (Wildman–Crippen MR) is 87.1 cm³/mol. The van der Waals surface area contributed by atoms with Crippen LogP contribution in [0.15, 0.2) is 54.3 Å². The van der Waals surface area contributed by atoms with Crippen molar-refractivity contribution in [3.63, 3.8) is 0 Å². The Hall–Kier alpha value is -3.15. The van der Waals surface area contributed by atoms with E-state index in [2.05, 4.69) is 9.97 Å². The van der Waals surface area contributed by atoms with E-state index in [1.165, 1.54) is 12.1 Å². The van der Waals surface area contributed by atoms with Crippen molar-refractivity contribution >= 4 is 28.1 Å². The number of amidine groups is 1. The topological polar surface area (TPSA) is 76.0 Å².